The van der Waals surface area contributed by atoms with Gasteiger partial charge < -0.3 is 0 Å². The molecule has 0 aliphatic heterocycles. The summed E-state index contributed by atoms with van der Waals surface area (Å²) in [5.74, 6) is 0.739. The zero-order valence-electron chi connectivity index (χ0n) is 11.6. The number of hydrogen-bond donors (Lipinski definition) is 0. The molecule has 1 aliphatic carbocycles. The first kappa shape index (κ1) is 12.9. The lowest BCUT2D eigenvalue weighted by atomic mass is 9.89. The fraction of sp³-hybridized carbons (Fsp3) is 0.600. The van der Waals surface area contributed by atoms with Crippen molar-refractivity contribution < 1.29 is 0 Å². The maximum atomic E-state index is 12.6. The Labute approximate surface area is 117 Å². The third kappa shape index (κ3) is 2.22. The van der Waals surface area contributed by atoms with Gasteiger partial charge in [0.05, 0.1) is 11.7 Å². The van der Waals surface area contributed by atoms with Crippen LogP contribution in [0, 0.1) is 5.92 Å². The smallest absolute Gasteiger partial charge is 0.262 e. The Morgan fingerprint density at radius 3 is 3.16 bits per heavy atom. The normalized spacial score (nSPS) is 18.7. The van der Waals surface area contributed by atoms with Crippen LogP contribution in [0.2, 0.25) is 0 Å². The number of hydrogen-bond acceptors (Lipinski definition) is 3. The van der Waals surface area contributed by atoms with Gasteiger partial charge in [-0.15, -0.1) is 11.3 Å². The number of unbranched alkanes of at least 4 members (excludes halogenated alkanes) is 1. The highest BCUT2D eigenvalue weighted by Crippen LogP contribution is 2.35. The molecule has 2 heterocycles. The molecule has 2 aromatic rings. The molecule has 1 atom stereocenters. The van der Waals surface area contributed by atoms with Crippen LogP contribution in [0.5, 0.6) is 0 Å². The minimum Gasteiger partial charge on any atom is -0.299 e. The topological polar surface area (TPSA) is 34.9 Å². The van der Waals surface area contributed by atoms with E-state index in [4.69, 9.17) is 0 Å². The van der Waals surface area contributed by atoms with E-state index < -0.39 is 0 Å². The minimum absolute atomic E-state index is 0.172. The van der Waals surface area contributed by atoms with E-state index >= 15 is 0 Å². The summed E-state index contributed by atoms with van der Waals surface area (Å²) in [6, 6.07) is 0. The summed E-state index contributed by atoms with van der Waals surface area (Å²) in [6.07, 6.45) is 7.23. The molecule has 0 radical (unpaired) electrons. The van der Waals surface area contributed by atoms with Gasteiger partial charge in [0.25, 0.3) is 5.56 Å². The highest BCUT2D eigenvalue weighted by atomic mass is 32.1. The quantitative estimate of drug-likeness (QED) is 0.861. The van der Waals surface area contributed by atoms with Crippen LogP contribution in [0.3, 0.4) is 0 Å². The third-order valence-electron chi connectivity index (χ3n) is 4.03. The summed E-state index contributed by atoms with van der Waals surface area (Å²) >= 11 is 1.73. The number of rotatable bonds is 3. The minimum atomic E-state index is 0.172. The standard InChI is InChI=1S/C15H20N2OS/c1-3-4-7-17-9-16-14-13(15(17)18)11-6-5-10(2)8-12(11)19-14/h9-10H,3-8H2,1-2H3/t10-/m0/s1. The molecule has 0 N–H and O–H groups in total. The van der Waals surface area contributed by atoms with Crippen molar-refractivity contribution in [3.8, 4) is 0 Å². The largest absolute Gasteiger partial charge is 0.299 e. The Bertz CT molecular complexity index is 656. The van der Waals surface area contributed by atoms with E-state index in [1.807, 2.05) is 0 Å². The summed E-state index contributed by atoms with van der Waals surface area (Å²) in [6.45, 7) is 5.23. The molecule has 3 rings (SSSR count). The van der Waals surface area contributed by atoms with E-state index in [9.17, 15) is 4.79 Å². The van der Waals surface area contributed by atoms with Crippen LogP contribution in [0.1, 0.15) is 43.6 Å². The van der Waals surface area contributed by atoms with Gasteiger partial charge in [-0.05, 0) is 37.2 Å². The second kappa shape index (κ2) is 5.08. The van der Waals surface area contributed by atoms with E-state index in [-0.39, 0.29) is 5.56 Å². The van der Waals surface area contributed by atoms with Gasteiger partial charge >= 0.3 is 0 Å². The Hall–Kier alpha value is -1.16. The van der Waals surface area contributed by atoms with E-state index in [1.54, 1.807) is 22.2 Å². The van der Waals surface area contributed by atoms with Crippen molar-refractivity contribution >= 4 is 21.6 Å². The molecule has 0 unspecified atom stereocenters. The van der Waals surface area contributed by atoms with E-state index in [0.717, 1.165) is 48.4 Å². The van der Waals surface area contributed by atoms with Crippen molar-refractivity contribution in [2.45, 2.75) is 52.5 Å². The summed E-state index contributed by atoms with van der Waals surface area (Å²) in [4.78, 5) is 19.4. The highest BCUT2D eigenvalue weighted by Gasteiger charge is 2.22. The summed E-state index contributed by atoms with van der Waals surface area (Å²) in [7, 11) is 0. The summed E-state index contributed by atoms with van der Waals surface area (Å²) in [5.41, 5.74) is 1.46. The average Bonchev–Trinajstić information content (AvgIpc) is 2.76. The molecular formula is C15H20N2OS. The molecule has 4 heteroatoms. The van der Waals surface area contributed by atoms with Crippen molar-refractivity contribution in [3.63, 3.8) is 0 Å². The Morgan fingerprint density at radius 1 is 1.53 bits per heavy atom. The molecule has 0 amide bonds. The molecule has 0 aromatic carbocycles. The molecule has 19 heavy (non-hydrogen) atoms. The van der Waals surface area contributed by atoms with Crippen LogP contribution in [-0.2, 0) is 19.4 Å². The van der Waals surface area contributed by atoms with Crippen LogP contribution in [0.15, 0.2) is 11.1 Å². The van der Waals surface area contributed by atoms with Crippen LogP contribution >= 0.6 is 11.3 Å². The first-order valence-electron chi connectivity index (χ1n) is 7.20. The number of fused-ring (bicyclic) bond motifs is 3. The van der Waals surface area contributed by atoms with Gasteiger partial charge in [0.1, 0.15) is 4.83 Å². The van der Waals surface area contributed by atoms with Crippen LogP contribution < -0.4 is 5.56 Å². The molecule has 0 spiro atoms. The molecule has 0 saturated heterocycles. The Kier molecular flexibility index (Phi) is 3.44. The number of aryl methyl sites for hydroxylation is 2. The molecule has 102 valence electrons. The maximum absolute atomic E-state index is 12.6. The average molecular weight is 276 g/mol. The predicted octanol–water partition coefficient (Wildman–Crippen LogP) is 3.38. The van der Waals surface area contributed by atoms with Crippen molar-refractivity contribution in [1.82, 2.24) is 9.55 Å². The van der Waals surface area contributed by atoms with Gasteiger partial charge in [0.2, 0.25) is 0 Å². The van der Waals surface area contributed by atoms with Crippen molar-refractivity contribution in [3.05, 3.63) is 27.1 Å². The first-order chi connectivity index (χ1) is 9.20. The molecular weight excluding hydrogens is 256 g/mol. The molecule has 0 fully saturated rings. The summed E-state index contributed by atoms with van der Waals surface area (Å²) in [5, 5.41) is 0.908. The van der Waals surface area contributed by atoms with Crippen LogP contribution in [0.4, 0.5) is 0 Å². The van der Waals surface area contributed by atoms with Gasteiger partial charge in [0.15, 0.2) is 0 Å². The van der Waals surface area contributed by atoms with E-state index in [2.05, 4.69) is 18.8 Å². The summed E-state index contributed by atoms with van der Waals surface area (Å²) < 4.78 is 1.79. The second-order valence-electron chi connectivity index (χ2n) is 5.63. The number of aromatic nitrogens is 2. The van der Waals surface area contributed by atoms with Gasteiger partial charge in [0, 0.05) is 11.4 Å². The third-order valence-corrected chi connectivity index (χ3v) is 5.20. The Morgan fingerprint density at radius 2 is 2.37 bits per heavy atom. The van der Waals surface area contributed by atoms with Gasteiger partial charge in [-0.3, -0.25) is 9.36 Å². The SMILES string of the molecule is CCCCn1cnc2sc3c(c2c1=O)CC[C@H](C)C3. The van der Waals surface area contributed by atoms with Crippen molar-refractivity contribution in [2.75, 3.05) is 0 Å². The lowest BCUT2D eigenvalue weighted by Gasteiger charge is -2.17. The molecule has 3 nitrogen and oxygen atoms in total. The van der Waals surface area contributed by atoms with Crippen LogP contribution in [0.25, 0.3) is 10.2 Å². The molecule has 0 saturated carbocycles. The lowest BCUT2D eigenvalue weighted by molar-refractivity contribution is 0.509. The predicted molar refractivity (Wildman–Crippen MR) is 80.0 cm³/mol. The number of thiophene rings is 1. The zero-order chi connectivity index (χ0) is 13.4. The fourth-order valence-corrected chi connectivity index (χ4v) is 4.19. The Balaban J connectivity index is 2.12. The first-order valence-corrected chi connectivity index (χ1v) is 8.02. The second-order valence-corrected chi connectivity index (χ2v) is 6.71. The monoisotopic (exact) mass is 276 g/mol. The van der Waals surface area contributed by atoms with E-state index in [1.165, 1.54) is 16.9 Å². The van der Waals surface area contributed by atoms with Gasteiger partial charge in [-0.1, -0.05) is 20.3 Å². The van der Waals surface area contributed by atoms with Crippen molar-refractivity contribution in [2.24, 2.45) is 5.92 Å². The number of nitrogens with zero attached hydrogens (tertiary/aromatic N) is 2. The molecule has 0 bridgehead atoms. The van der Waals surface area contributed by atoms with Crippen molar-refractivity contribution in [1.29, 1.82) is 0 Å². The van der Waals surface area contributed by atoms with Crippen LogP contribution in [-0.4, -0.2) is 9.55 Å². The maximum Gasteiger partial charge on any atom is 0.262 e. The highest BCUT2D eigenvalue weighted by molar-refractivity contribution is 7.18. The van der Waals surface area contributed by atoms with E-state index in [0.29, 0.717) is 0 Å². The zero-order valence-corrected chi connectivity index (χ0v) is 12.4. The van der Waals surface area contributed by atoms with Gasteiger partial charge in [-0.25, -0.2) is 4.98 Å². The fourth-order valence-electron chi connectivity index (χ4n) is 2.85. The lowest BCUT2D eigenvalue weighted by Crippen LogP contribution is -2.21. The molecule has 1 aliphatic rings. The molecule has 2 aromatic heterocycles. The van der Waals surface area contributed by atoms with Gasteiger partial charge in [-0.2, -0.15) is 0 Å².